The SMILES string of the molecule is CC(C)NC(=O)CCN(C)Cc1cccc(C(N)=S)c1. The van der Waals surface area contributed by atoms with Crippen LogP contribution in [0.25, 0.3) is 0 Å². The molecule has 0 saturated carbocycles. The Labute approximate surface area is 126 Å². The minimum Gasteiger partial charge on any atom is -0.389 e. The van der Waals surface area contributed by atoms with Crippen LogP contribution in [-0.4, -0.2) is 35.4 Å². The monoisotopic (exact) mass is 293 g/mol. The van der Waals surface area contributed by atoms with E-state index >= 15 is 0 Å². The Morgan fingerprint density at radius 1 is 1.45 bits per heavy atom. The van der Waals surface area contributed by atoms with E-state index < -0.39 is 0 Å². The van der Waals surface area contributed by atoms with E-state index in [1.807, 2.05) is 45.2 Å². The minimum atomic E-state index is 0.0868. The van der Waals surface area contributed by atoms with E-state index in [4.69, 9.17) is 18.0 Å². The second-order valence-corrected chi connectivity index (χ2v) is 5.71. The molecule has 1 aromatic rings. The third kappa shape index (κ3) is 6.12. The first kappa shape index (κ1) is 16.6. The molecule has 0 saturated heterocycles. The van der Waals surface area contributed by atoms with Crippen LogP contribution in [0.5, 0.6) is 0 Å². The van der Waals surface area contributed by atoms with Crippen LogP contribution in [0.3, 0.4) is 0 Å². The average Bonchev–Trinajstić information content (AvgIpc) is 2.36. The molecule has 0 heterocycles. The van der Waals surface area contributed by atoms with E-state index in [1.54, 1.807) is 0 Å². The predicted octanol–water partition coefficient (Wildman–Crippen LogP) is 1.67. The Balaban J connectivity index is 2.46. The number of amides is 1. The summed E-state index contributed by atoms with van der Waals surface area (Å²) >= 11 is 4.97. The molecule has 5 heteroatoms. The second kappa shape index (κ2) is 7.97. The van der Waals surface area contributed by atoms with Gasteiger partial charge in [-0.1, -0.05) is 30.4 Å². The molecule has 0 atom stereocenters. The second-order valence-electron chi connectivity index (χ2n) is 5.27. The lowest BCUT2D eigenvalue weighted by atomic mass is 10.1. The van der Waals surface area contributed by atoms with E-state index in [9.17, 15) is 4.79 Å². The molecule has 0 aliphatic carbocycles. The number of thiocarbonyl (C=S) groups is 1. The van der Waals surface area contributed by atoms with Crippen LogP contribution in [0.15, 0.2) is 24.3 Å². The lowest BCUT2D eigenvalue weighted by Gasteiger charge is -2.17. The molecule has 0 spiro atoms. The number of hydrogen-bond acceptors (Lipinski definition) is 3. The molecule has 110 valence electrons. The van der Waals surface area contributed by atoms with Crippen LogP contribution in [0.2, 0.25) is 0 Å². The highest BCUT2D eigenvalue weighted by atomic mass is 32.1. The molecule has 1 aromatic carbocycles. The molecular formula is C15H23N3OS. The molecule has 0 bridgehead atoms. The van der Waals surface area contributed by atoms with Crippen LogP contribution in [0.1, 0.15) is 31.4 Å². The van der Waals surface area contributed by atoms with Gasteiger partial charge in [0.1, 0.15) is 4.99 Å². The Hall–Kier alpha value is -1.46. The van der Waals surface area contributed by atoms with Crippen molar-refractivity contribution in [2.75, 3.05) is 13.6 Å². The van der Waals surface area contributed by atoms with Gasteiger partial charge in [0.15, 0.2) is 0 Å². The van der Waals surface area contributed by atoms with Crippen LogP contribution < -0.4 is 11.1 Å². The molecule has 0 aliphatic rings. The molecule has 0 aliphatic heterocycles. The lowest BCUT2D eigenvalue weighted by Crippen LogP contribution is -2.33. The highest BCUT2D eigenvalue weighted by Gasteiger charge is 2.07. The predicted molar refractivity (Wildman–Crippen MR) is 86.6 cm³/mol. The maximum absolute atomic E-state index is 11.6. The maximum Gasteiger partial charge on any atom is 0.221 e. The van der Waals surface area contributed by atoms with Gasteiger partial charge >= 0.3 is 0 Å². The fourth-order valence-electron chi connectivity index (χ4n) is 1.90. The normalized spacial score (nSPS) is 10.8. The van der Waals surface area contributed by atoms with Crippen molar-refractivity contribution in [3.05, 3.63) is 35.4 Å². The third-order valence-electron chi connectivity index (χ3n) is 2.83. The van der Waals surface area contributed by atoms with Crippen molar-refractivity contribution in [1.82, 2.24) is 10.2 Å². The van der Waals surface area contributed by atoms with Crippen LogP contribution >= 0.6 is 12.2 Å². The van der Waals surface area contributed by atoms with E-state index in [2.05, 4.69) is 10.2 Å². The smallest absolute Gasteiger partial charge is 0.221 e. The summed E-state index contributed by atoms with van der Waals surface area (Å²) in [7, 11) is 2.00. The first-order valence-electron chi connectivity index (χ1n) is 6.75. The average molecular weight is 293 g/mol. The van der Waals surface area contributed by atoms with Crippen molar-refractivity contribution < 1.29 is 4.79 Å². The molecule has 4 nitrogen and oxygen atoms in total. The number of carbonyl (C=O) groups is 1. The first-order chi connectivity index (χ1) is 9.38. The van der Waals surface area contributed by atoms with Crippen molar-refractivity contribution in [2.24, 2.45) is 5.73 Å². The molecular weight excluding hydrogens is 270 g/mol. The number of nitrogens with zero attached hydrogens (tertiary/aromatic N) is 1. The maximum atomic E-state index is 11.6. The van der Waals surface area contributed by atoms with Gasteiger partial charge in [-0.2, -0.15) is 0 Å². The fraction of sp³-hybridized carbons (Fsp3) is 0.467. The van der Waals surface area contributed by atoms with Gasteiger partial charge in [0.05, 0.1) is 0 Å². The van der Waals surface area contributed by atoms with Gasteiger partial charge in [0, 0.05) is 31.1 Å². The zero-order chi connectivity index (χ0) is 15.1. The summed E-state index contributed by atoms with van der Waals surface area (Å²) in [6.45, 7) is 5.41. The Morgan fingerprint density at radius 2 is 2.15 bits per heavy atom. The fourth-order valence-corrected chi connectivity index (χ4v) is 2.03. The van der Waals surface area contributed by atoms with Crippen LogP contribution in [-0.2, 0) is 11.3 Å². The molecule has 20 heavy (non-hydrogen) atoms. The zero-order valence-electron chi connectivity index (χ0n) is 12.3. The molecule has 3 N–H and O–H groups in total. The molecule has 1 rings (SSSR count). The van der Waals surface area contributed by atoms with Crippen molar-refractivity contribution >= 4 is 23.1 Å². The highest BCUT2D eigenvalue weighted by Crippen LogP contribution is 2.08. The number of carbonyl (C=O) groups excluding carboxylic acids is 1. The number of nitrogens with two attached hydrogens (primary N) is 1. The summed E-state index contributed by atoms with van der Waals surface area (Å²) in [6.07, 6.45) is 0.504. The van der Waals surface area contributed by atoms with Gasteiger partial charge < -0.3 is 16.0 Å². The van der Waals surface area contributed by atoms with Crippen LogP contribution in [0.4, 0.5) is 0 Å². The number of benzene rings is 1. The van der Waals surface area contributed by atoms with Gasteiger partial charge in [-0.3, -0.25) is 4.79 Å². The lowest BCUT2D eigenvalue weighted by molar-refractivity contribution is -0.121. The van der Waals surface area contributed by atoms with Gasteiger partial charge in [-0.25, -0.2) is 0 Å². The zero-order valence-corrected chi connectivity index (χ0v) is 13.2. The van der Waals surface area contributed by atoms with Crippen molar-refractivity contribution in [3.63, 3.8) is 0 Å². The summed E-state index contributed by atoms with van der Waals surface area (Å²) in [6, 6.07) is 8.07. The third-order valence-corrected chi connectivity index (χ3v) is 3.07. The van der Waals surface area contributed by atoms with E-state index in [1.165, 1.54) is 0 Å². The van der Waals surface area contributed by atoms with Crippen molar-refractivity contribution in [3.8, 4) is 0 Å². The van der Waals surface area contributed by atoms with Crippen molar-refractivity contribution in [1.29, 1.82) is 0 Å². The van der Waals surface area contributed by atoms with Gasteiger partial charge in [-0.05, 0) is 32.5 Å². The largest absolute Gasteiger partial charge is 0.389 e. The van der Waals surface area contributed by atoms with Gasteiger partial charge in [0.2, 0.25) is 5.91 Å². The van der Waals surface area contributed by atoms with Crippen LogP contribution in [0, 0.1) is 0 Å². The number of hydrogen-bond donors (Lipinski definition) is 2. The quantitative estimate of drug-likeness (QED) is 0.751. The summed E-state index contributed by atoms with van der Waals surface area (Å²) in [5.74, 6) is 0.0868. The summed E-state index contributed by atoms with van der Waals surface area (Å²) in [5, 5.41) is 2.89. The molecule has 0 fully saturated rings. The molecule has 0 aromatic heterocycles. The van der Waals surface area contributed by atoms with E-state index in [-0.39, 0.29) is 11.9 Å². The van der Waals surface area contributed by atoms with Gasteiger partial charge in [-0.15, -0.1) is 0 Å². The van der Waals surface area contributed by atoms with E-state index in [0.717, 1.165) is 24.2 Å². The molecule has 0 unspecified atom stereocenters. The highest BCUT2D eigenvalue weighted by molar-refractivity contribution is 7.80. The Bertz CT molecular complexity index is 474. The molecule has 0 radical (unpaired) electrons. The summed E-state index contributed by atoms with van der Waals surface area (Å²) < 4.78 is 0. The van der Waals surface area contributed by atoms with Crippen molar-refractivity contribution in [2.45, 2.75) is 32.9 Å². The Kier molecular flexibility index (Phi) is 6.61. The minimum absolute atomic E-state index is 0.0868. The summed E-state index contributed by atoms with van der Waals surface area (Å²) in [5.41, 5.74) is 7.64. The first-order valence-corrected chi connectivity index (χ1v) is 7.16. The van der Waals surface area contributed by atoms with Gasteiger partial charge in [0.25, 0.3) is 0 Å². The standard InChI is InChI=1S/C15H23N3OS/c1-11(2)17-14(19)7-8-18(3)10-12-5-4-6-13(9-12)15(16)20/h4-6,9,11H,7-8,10H2,1-3H3,(H2,16,20)(H,17,19). The van der Waals surface area contributed by atoms with E-state index in [0.29, 0.717) is 11.4 Å². The number of nitrogens with one attached hydrogen (secondary N) is 1. The molecule has 1 amide bonds. The summed E-state index contributed by atoms with van der Waals surface area (Å²) in [4.78, 5) is 14.1. The Morgan fingerprint density at radius 3 is 2.75 bits per heavy atom. The number of rotatable bonds is 7. The topological polar surface area (TPSA) is 58.4 Å².